The van der Waals surface area contributed by atoms with Gasteiger partial charge >= 0.3 is 0 Å². The summed E-state index contributed by atoms with van der Waals surface area (Å²) in [5.74, 6) is 1.95. The smallest absolute Gasteiger partial charge is 0.185 e. The van der Waals surface area contributed by atoms with Crippen LogP contribution >= 0.6 is 11.8 Å². The number of nitrogens with zero attached hydrogens (tertiary/aromatic N) is 2. The molecule has 1 aromatic heterocycles. The fourth-order valence-corrected chi connectivity index (χ4v) is 2.95. The summed E-state index contributed by atoms with van der Waals surface area (Å²) in [4.78, 5) is 11.0. The predicted octanol–water partition coefficient (Wildman–Crippen LogP) is 1.00. The average Bonchev–Trinajstić information content (AvgIpc) is 2.82. The first-order valence-corrected chi connectivity index (χ1v) is 6.48. The van der Waals surface area contributed by atoms with E-state index in [0.717, 1.165) is 18.8 Å². The molecule has 0 saturated carbocycles. The van der Waals surface area contributed by atoms with E-state index < -0.39 is 0 Å². The SMILES string of the molecule is CC(=O)SCC1CNCC1c1cnn(C)c1. The zero-order valence-electron chi connectivity index (χ0n) is 9.64. The van der Waals surface area contributed by atoms with E-state index in [0.29, 0.717) is 11.8 Å². The molecule has 2 unspecified atom stereocenters. The van der Waals surface area contributed by atoms with Gasteiger partial charge in [0, 0.05) is 38.4 Å². The summed E-state index contributed by atoms with van der Waals surface area (Å²) in [6.45, 7) is 3.63. The number of aryl methyl sites for hydroxylation is 1. The molecule has 1 fully saturated rings. The van der Waals surface area contributed by atoms with Gasteiger partial charge in [-0.2, -0.15) is 5.10 Å². The van der Waals surface area contributed by atoms with Gasteiger partial charge < -0.3 is 5.32 Å². The topological polar surface area (TPSA) is 46.9 Å². The monoisotopic (exact) mass is 239 g/mol. The minimum Gasteiger partial charge on any atom is -0.316 e. The van der Waals surface area contributed by atoms with E-state index in [1.807, 2.05) is 17.9 Å². The molecule has 1 aromatic rings. The molecule has 0 radical (unpaired) electrons. The highest BCUT2D eigenvalue weighted by Gasteiger charge is 2.29. The molecular formula is C11H17N3OS. The molecule has 2 rings (SSSR count). The van der Waals surface area contributed by atoms with E-state index in [2.05, 4.69) is 16.6 Å². The molecule has 16 heavy (non-hydrogen) atoms. The van der Waals surface area contributed by atoms with Gasteiger partial charge in [0.1, 0.15) is 0 Å². The van der Waals surface area contributed by atoms with E-state index >= 15 is 0 Å². The van der Waals surface area contributed by atoms with Gasteiger partial charge in [0.25, 0.3) is 0 Å². The Morgan fingerprint density at radius 1 is 1.69 bits per heavy atom. The van der Waals surface area contributed by atoms with E-state index in [9.17, 15) is 4.79 Å². The number of hydrogen-bond donors (Lipinski definition) is 1. The second-order valence-electron chi connectivity index (χ2n) is 4.27. The van der Waals surface area contributed by atoms with Crippen molar-refractivity contribution < 1.29 is 4.79 Å². The van der Waals surface area contributed by atoms with Crippen LogP contribution in [0, 0.1) is 5.92 Å². The third-order valence-electron chi connectivity index (χ3n) is 2.99. The summed E-state index contributed by atoms with van der Waals surface area (Å²) >= 11 is 1.43. The van der Waals surface area contributed by atoms with Crippen molar-refractivity contribution in [2.45, 2.75) is 12.8 Å². The Balaban J connectivity index is 2.00. The molecule has 1 saturated heterocycles. The summed E-state index contributed by atoms with van der Waals surface area (Å²) in [6, 6.07) is 0. The van der Waals surface area contributed by atoms with Crippen molar-refractivity contribution in [2.24, 2.45) is 13.0 Å². The summed E-state index contributed by atoms with van der Waals surface area (Å²) in [5.41, 5.74) is 1.28. The van der Waals surface area contributed by atoms with Crippen LogP contribution in [-0.2, 0) is 11.8 Å². The van der Waals surface area contributed by atoms with Crippen molar-refractivity contribution >= 4 is 16.9 Å². The van der Waals surface area contributed by atoms with Crippen LogP contribution in [0.1, 0.15) is 18.4 Å². The van der Waals surface area contributed by atoms with Crippen LogP contribution in [0.15, 0.2) is 12.4 Å². The van der Waals surface area contributed by atoms with Gasteiger partial charge in [0.15, 0.2) is 5.12 Å². The summed E-state index contributed by atoms with van der Waals surface area (Å²) in [7, 11) is 1.94. The Kier molecular flexibility index (Phi) is 3.66. The van der Waals surface area contributed by atoms with Crippen molar-refractivity contribution in [3.63, 3.8) is 0 Å². The number of carbonyl (C=O) groups is 1. The standard InChI is InChI=1S/C11H17N3OS/c1-8(15)16-7-10-3-12-5-11(10)9-4-13-14(2)6-9/h4,6,10-12H,3,5,7H2,1-2H3. The van der Waals surface area contributed by atoms with Crippen molar-refractivity contribution in [3.05, 3.63) is 18.0 Å². The number of thioether (sulfide) groups is 1. The van der Waals surface area contributed by atoms with Crippen LogP contribution in [-0.4, -0.2) is 33.7 Å². The maximum atomic E-state index is 11.0. The lowest BCUT2D eigenvalue weighted by molar-refractivity contribution is -0.109. The summed E-state index contributed by atoms with van der Waals surface area (Å²) in [5, 5.41) is 7.80. The number of rotatable bonds is 3. The maximum absolute atomic E-state index is 11.0. The molecule has 1 aliphatic heterocycles. The van der Waals surface area contributed by atoms with Crippen molar-refractivity contribution in [3.8, 4) is 0 Å². The van der Waals surface area contributed by atoms with Gasteiger partial charge in [0.05, 0.1) is 6.20 Å². The Labute approximate surface area is 99.8 Å². The molecule has 2 atom stereocenters. The molecule has 5 heteroatoms. The highest BCUT2D eigenvalue weighted by molar-refractivity contribution is 8.13. The fourth-order valence-electron chi connectivity index (χ4n) is 2.15. The largest absolute Gasteiger partial charge is 0.316 e. The molecule has 0 bridgehead atoms. The maximum Gasteiger partial charge on any atom is 0.185 e. The van der Waals surface area contributed by atoms with Crippen LogP contribution in [0.25, 0.3) is 0 Å². The lowest BCUT2D eigenvalue weighted by Crippen LogP contribution is -2.14. The molecule has 88 valence electrons. The van der Waals surface area contributed by atoms with Crippen LogP contribution in [0.2, 0.25) is 0 Å². The van der Waals surface area contributed by atoms with Gasteiger partial charge in [0.2, 0.25) is 0 Å². The van der Waals surface area contributed by atoms with Crippen LogP contribution in [0.4, 0.5) is 0 Å². The Hall–Kier alpha value is -0.810. The van der Waals surface area contributed by atoms with Crippen LogP contribution in [0.5, 0.6) is 0 Å². The van der Waals surface area contributed by atoms with E-state index in [4.69, 9.17) is 0 Å². The van der Waals surface area contributed by atoms with E-state index in [1.165, 1.54) is 17.3 Å². The van der Waals surface area contributed by atoms with Gasteiger partial charge in [-0.25, -0.2) is 0 Å². The quantitative estimate of drug-likeness (QED) is 0.855. The van der Waals surface area contributed by atoms with Crippen molar-refractivity contribution in [1.82, 2.24) is 15.1 Å². The predicted molar refractivity (Wildman–Crippen MR) is 65.4 cm³/mol. The zero-order valence-corrected chi connectivity index (χ0v) is 10.5. The van der Waals surface area contributed by atoms with Crippen LogP contribution in [0.3, 0.4) is 0 Å². The third kappa shape index (κ3) is 2.65. The number of carbonyl (C=O) groups excluding carboxylic acids is 1. The molecule has 1 N–H and O–H groups in total. The lowest BCUT2D eigenvalue weighted by atomic mass is 9.92. The highest BCUT2D eigenvalue weighted by Crippen LogP contribution is 2.30. The van der Waals surface area contributed by atoms with E-state index in [1.54, 1.807) is 6.92 Å². The second-order valence-corrected chi connectivity index (χ2v) is 5.47. The van der Waals surface area contributed by atoms with Gasteiger partial charge in [-0.05, 0) is 18.0 Å². The van der Waals surface area contributed by atoms with Crippen molar-refractivity contribution in [1.29, 1.82) is 0 Å². The molecular weight excluding hydrogens is 222 g/mol. The first-order valence-electron chi connectivity index (χ1n) is 5.49. The first-order chi connectivity index (χ1) is 7.66. The Morgan fingerprint density at radius 2 is 2.50 bits per heavy atom. The van der Waals surface area contributed by atoms with E-state index in [-0.39, 0.29) is 5.12 Å². The molecule has 4 nitrogen and oxygen atoms in total. The highest BCUT2D eigenvalue weighted by atomic mass is 32.2. The van der Waals surface area contributed by atoms with Gasteiger partial charge in [-0.1, -0.05) is 11.8 Å². The lowest BCUT2D eigenvalue weighted by Gasteiger charge is -2.15. The first kappa shape index (κ1) is 11.7. The molecule has 0 spiro atoms. The molecule has 0 amide bonds. The fraction of sp³-hybridized carbons (Fsp3) is 0.636. The molecule has 0 aliphatic carbocycles. The second kappa shape index (κ2) is 5.01. The summed E-state index contributed by atoms with van der Waals surface area (Å²) in [6.07, 6.45) is 4.01. The molecule has 2 heterocycles. The van der Waals surface area contributed by atoms with Gasteiger partial charge in [-0.15, -0.1) is 0 Å². The third-order valence-corrected chi connectivity index (χ3v) is 3.99. The molecule has 0 aromatic carbocycles. The van der Waals surface area contributed by atoms with Crippen LogP contribution < -0.4 is 5.32 Å². The number of hydrogen-bond acceptors (Lipinski definition) is 4. The number of nitrogens with one attached hydrogen (secondary N) is 1. The normalized spacial score (nSPS) is 24.9. The zero-order chi connectivity index (χ0) is 11.5. The Bertz CT molecular complexity index is 377. The number of aromatic nitrogens is 2. The van der Waals surface area contributed by atoms with Crippen molar-refractivity contribution in [2.75, 3.05) is 18.8 Å². The average molecular weight is 239 g/mol. The minimum absolute atomic E-state index is 0.205. The Morgan fingerprint density at radius 3 is 3.12 bits per heavy atom. The molecule has 1 aliphatic rings. The summed E-state index contributed by atoms with van der Waals surface area (Å²) < 4.78 is 1.84. The minimum atomic E-state index is 0.205. The van der Waals surface area contributed by atoms with Gasteiger partial charge in [-0.3, -0.25) is 9.48 Å².